The van der Waals surface area contributed by atoms with Crippen LogP contribution in [0.5, 0.6) is 5.75 Å². The van der Waals surface area contributed by atoms with Crippen molar-refractivity contribution in [3.63, 3.8) is 0 Å². The quantitative estimate of drug-likeness (QED) is 0.805. The molecule has 15 heavy (non-hydrogen) atoms. The number of rotatable bonds is 4. The summed E-state index contributed by atoms with van der Waals surface area (Å²) < 4.78 is 10.9. The summed E-state index contributed by atoms with van der Waals surface area (Å²) >= 11 is 0. The third-order valence-corrected chi connectivity index (χ3v) is 3.03. The van der Waals surface area contributed by atoms with E-state index in [4.69, 9.17) is 9.47 Å². The SMILES string of the molecule is COc1ccccc1CC1(OC)CNC1. The van der Waals surface area contributed by atoms with Crippen LogP contribution >= 0.6 is 0 Å². The molecule has 1 aliphatic heterocycles. The van der Waals surface area contributed by atoms with E-state index in [9.17, 15) is 0 Å². The largest absolute Gasteiger partial charge is 0.496 e. The fraction of sp³-hybridized carbons (Fsp3) is 0.500. The second-order valence-electron chi connectivity index (χ2n) is 3.98. The summed E-state index contributed by atoms with van der Waals surface area (Å²) in [5.41, 5.74) is 1.18. The molecule has 0 aromatic heterocycles. The van der Waals surface area contributed by atoms with Crippen molar-refractivity contribution in [2.45, 2.75) is 12.0 Å². The zero-order valence-electron chi connectivity index (χ0n) is 9.25. The number of nitrogens with one attached hydrogen (secondary N) is 1. The normalized spacial score (nSPS) is 18.3. The topological polar surface area (TPSA) is 30.5 Å². The van der Waals surface area contributed by atoms with Crippen LogP contribution in [-0.2, 0) is 11.2 Å². The molecular formula is C12H17NO2. The van der Waals surface area contributed by atoms with Crippen LogP contribution in [0.2, 0.25) is 0 Å². The molecule has 0 saturated carbocycles. The standard InChI is InChI=1S/C12H17NO2/c1-14-11-6-4-3-5-10(11)7-12(15-2)8-13-9-12/h3-6,13H,7-9H2,1-2H3. The van der Waals surface area contributed by atoms with Gasteiger partial charge < -0.3 is 14.8 Å². The van der Waals surface area contributed by atoms with E-state index in [0.29, 0.717) is 0 Å². The van der Waals surface area contributed by atoms with Crippen molar-refractivity contribution in [1.82, 2.24) is 5.32 Å². The summed E-state index contributed by atoms with van der Waals surface area (Å²) in [5.74, 6) is 0.945. The van der Waals surface area contributed by atoms with Crippen molar-refractivity contribution in [3.8, 4) is 5.75 Å². The van der Waals surface area contributed by atoms with E-state index in [1.165, 1.54) is 5.56 Å². The van der Waals surface area contributed by atoms with Crippen molar-refractivity contribution in [1.29, 1.82) is 0 Å². The monoisotopic (exact) mass is 207 g/mol. The zero-order chi connectivity index (χ0) is 10.7. The van der Waals surface area contributed by atoms with Gasteiger partial charge in [-0.3, -0.25) is 0 Å². The maximum Gasteiger partial charge on any atom is 0.122 e. The number of benzene rings is 1. The van der Waals surface area contributed by atoms with E-state index in [1.54, 1.807) is 14.2 Å². The second-order valence-corrected chi connectivity index (χ2v) is 3.98. The first kappa shape index (κ1) is 10.5. The summed E-state index contributed by atoms with van der Waals surface area (Å²) in [7, 11) is 3.48. The van der Waals surface area contributed by atoms with Gasteiger partial charge in [0.15, 0.2) is 0 Å². The molecule has 1 heterocycles. The average Bonchev–Trinajstić information content (AvgIpc) is 2.24. The van der Waals surface area contributed by atoms with Crippen LogP contribution in [0.3, 0.4) is 0 Å². The lowest BCUT2D eigenvalue weighted by Gasteiger charge is -2.41. The van der Waals surface area contributed by atoms with E-state index in [2.05, 4.69) is 11.4 Å². The third kappa shape index (κ3) is 1.98. The van der Waals surface area contributed by atoms with Gasteiger partial charge in [-0.15, -0.1) is 0 Å². The molecule has 1 aromatic carbocycles. The molecule has 1 aliphatic rings. The molecule has 3 nitrogen and oxygen atoms in total. The average molecular weight is 207 g/mol. The van der Waals surface area contributed by atoms with Crippen molar-refractivity contribution >= 4 is 0 Å². The predicted molar refractivity (Wildman–Crippen MR) is 59.3 cm³/mol. The minimum atomic E-state index is -0.0331. The molecule has 0 amide bonds. The minimum Gasteiger partial charge on any atom is -0.496 e. The molecule has 0 spiro atoms. The van der Waals surface area contributed by atoms with Crippen molar-refractivity contribution in [2.75, 3.05) is 27.3 Å². The van der Waals surface area contributed by atoms with E-state index in [0.717, 1.165) is 25.3 Å². The lowest BCUT2D eigenvalue weighted by Crippen LogP contribution is -2.61. The molecule has 1 aromatic rings. The summed E-state index contributed by atoms with van der Waals surface area (Å²) in [5, 5.41) is 3.24. The van der Waals surface area contributed by atoms with Gasteiger partial charge in [0.1, 0.15) is 5.75 Å². The highest BCUT2D eigenvalue weighted by molar-refractivity contribution is 5.35. The van der Waals surface area contributed by atoms with Crippen LogP contribution in [0.4, 0.5) is 0 Å². The number of ether oxygens (including phenoxy) is 2. The third-order valence-electron chi connectivity index (χ3n) is 3.03. The number of hydrogen-bond acceptors (Lipinski definition) is 3. The number of hydrogen-bond donors (Lipinski definition) is 1. The first-order valence-electron chi connectivity index (χ1n) is 5.17. The lowest BCUT2D eigenvalue weighted by molar-refractivity contribution is -0.0505. The maximum atomic E-state index is 5.56. The van der Waals surface area contributed by atoms with Crippen LogP contribution in [0, 0.1) is 0 Å². The summed E-state index contributed by atoms with van der Waals surface area (Å²) in [6, 6.07) is 8.11. The Morgan fingerprint density at radius 3 is 2.53 bits per heavy atom. The Kier molecular flexibility index (Phi) is 2.93. The van der Waals surface area contributed by atoms with Gasteiger partial charge in [-0.25, -0.2) is 0 Å². The van der Waals surface area contributed by atoms with Crippen molar-refractivity contribution in [2.24, 2.45) is 0 Å². The van der Waals surface area contributed by atoms with E-state index in [-0.39, 0.29) is 5.60 Å². The van der Waals surface area contributed by atoms with Gasteiger partial charge >= 0.3 is 0 Å². The lowest BCUT2D eigenvalue weighted by atomic mass is 9.88. The van der Waals surface area contributed by atoms with Crippen molar-refractivity contribution < 1.29 is 9.47 Å². The van der Waals surface area contributed by atoms with Gasteiger partial charge in [0, 0.05) is 26.6 Å². The highest BCUT2D eigenvalue weighted by atomic mass is 16.5. The molecule has 0 unspecified atom stereocenters. The Balaban J connectivity index is 2.15. The maximum absolute atomic E-state index is 5.56. The fourth-order valence-corrected chi connectivity index (χ4v) is 1.94. The Bertz CT molecular complexity index is 329. The summed E-state index contributed by atoms with van der Waals surface area (Å²) in [6.07, 6.45) is 0.903. The number of methoxy groups -OCH3 is 2. The molecule has 2 rings (SSSR count). The molecule has 0 atom stereocenters. The Hall–Kier alpha value is -1.06. The summed E-state index contributed by atoms with van der Waals surface area (Å²) in [6.45, 7) is 1.84. The molecule has 0 bridgehead atoms. The van der Waals surface area contributed by atoms with Crippen LogP contribution in [0.15, 0.2) is 24.3 Å². The molecule has 82 valence electrons. The van der Waals surface area contributed by atoms with E-state index < -0.39 is 0 Å². The second kappa shape index (κ2) is 4.21. The fourth-order valence-electron chi connectivity index (χ4n) is 1.94. The molecule has 0 radical (unpaired) electrons. The molecule has 1 fully saturated rings. The smallest absolute Gasteiger partial charge is 0.122 e. The Morgan fingerprint density at radius 2 is 2.00 bits per heavy atom. The van der Waals surface area contributed by atoms with E-state index >= 15 is 0 Å². The van der Waals surface area contributed by atoms with Crippen LogP contribution < -0.4 is 10.1 Å². The van der Waals surface area contributed by atoms with Crippen molar-refractivity contribution in [3.05, 3.63) is 29.8 Å². The minimum absolute atomic E-state index is 0.0331. The van der Waals surface area contributed by atoms with Gasteiger partial charge in [-0.2, -0.15) is 0 Å². The highest BCUT2D eigenvalue weighted by Gasteiger charge is 2.37. The van der Waals surface area contributed by atoms with Gasteiger partial charge in [0.05, 0.1) is 12.7 Å². The Labute approximate surface area is 90.4 Å². The van der Waals surface area contributed by atoms with Gasteiger partial charge in [0.2, 0.25) is 0 Å². The van der Waals surface area contributed by atoms with E-state index in [1.807, 2.05) is 18.2 Å². The van der Waals surface area contributed by atoms with Gasteiger partial charge in [-0.05, 0) is 11.6 Å². The molecule has 0 aliphatic carbocycles. The molecule has 1 saturated heterocycles. The van der Waals surface area contributed by atoms with Gasteiger partial charge in [0.25, 0.3) is 0 Å². The first-order valence-corrected chi connectivity index (χ1v) is 5.17. The van der Waals surface area contributed by atoms with Crippen LogP contribution in [0.25, 0.3) is 0 Å². The zero-order valence-corrected chi connectivity index (χ0v) is 9.25. The highest BCUT2D eigenvalue weighted by Crippen LogP contribution is 2.27. The summed E-state index contributed by atoms with van der Waals surface area (Å²) in [4.78, 5) is 0. The Morgan fingerprint density at radius 1 is 1.27 bits per heavy atom. The molecule has 3 heteroatoms. The van der Waals surface area contributed by atoms with Crippen LogP contribution in [-0.4, -0.2) is 32.9 Å². The molecular weight excluding hydrogens is 190 g/mol. The predicted octanol–water partition coefficient (Wildman–Crippen LogP) is 1.23. The van der Waals surface area contributed by atoms with Gasteiger partial charge in [-0.1, -0.05) is 18.2 Å². The first-order chi connectivity index (χ1) is 7.29. The molecule has 1 N–H and O–H groups in total. The number of para-hydroxylation sites is 1. The van der Waals surface area contributed by atoms with Crippen LogP contribution in [0.1, 0.15) is 5.56 Å².